The quantitative estimate of drug-likeness (QED) is 0.480. The molecule has 0 aromatic heterocycles. The molecular formula is C26H37N3O4. The number of hydrogen-bond donors (Lipinski definition) is 4. The molecule has 2 rings (SSSR count). The standard InChI is InChI=1S/C26H37N3O4/c1-25(2,3)29-23(31)19-14-10-11-15-20(19)27-17-22(30)21(16-18-12-8-7-9-13-18)28-24(32)33-26(4,5)6/h7-15,21-22,27,30H,16-17H2,1-6H3,(H,28,32)(H,29,31)/t21-,22?/m0/s1. The molecule has 0 saturated carbocycles. The van der Waals surface area contributed by atoms with E-state index in [2.05, 4.69) is 16.0 Å². The molecule has 0 aliphatic heterocycles. The van der Waals surface area contributed by atoms with Gasteiger partial charge in [0.25, 0.3) is 5.91 Å². The number of ether oxygens (including phenoxy) is 1. The molecule has 0 aliphatic carbocycles. The molecule has 7 heteroatoms. The van der Waals surface area contributed by atoms with Crippen LogP contribution in [0.5, 0.6) is 0 Å². The van der Waals surface area contributed by atoms with Crippen LogP contribution in [0, 0.1) is 0 Å². The van der Waals surface area contributed by atoms with Gasteiger partial charge < -0.3 is 25.8 Å². The van der Waals surface area contributed by atoms with E-state index < -0.39 is 23.8 Å². The summed E-state index contributed by atoms with van der Waals surface area (Å²) in [5, 5.41) is 19.9. The van der Waals surface area contributed by atoms with E-state index in [4.69, 9.17) is 4.74 Å². The molecule has 4 N–H and O–H groups in total. The van der Waals surface area contributed by atoms with Crippen LogP contribution in [0.1, 0.15) is 57.5 Å². The van der Waals surface area contributed by atoms with E-state index in [1.807, 2.05) is 57.2 Å². The lowest BCUT2D eigenvalue weighted by molar-refractivity contribution is 0.0433. The number of para-hydroxylation sites is 1. The van der Waals surface area contributed by atoms with Crippen LogP contribution < -0.4 is 16.0 Å². The molecule has 0 bridgehead atoms. The number of carbonyl (C=O) groups excluding carboxylic acids is 2. The van der Waals surface area contributed by atoms with Crippen molar-refractivity contribution in [3.05, 3.63) is 65.7 Å². The van der Waals surface area contributed by atoms with Crippen LogP contribution in [0.3, 0.4) is 0 Å². The predicted molar refractivity (Wildman–Crippen MR) is 131 cm³/mol. The summed E-state index contributed by atoms with van der Waals surface area (Å²) >= 11 is 0. The highest BCUT2D eigenvalue weighted by Gasteiger charge is 2.25. The van der Waals surface area contributed by atoms with Crippen molar-refractivity contribution in [2.24, 2.45) is 0 Å². The topological polar surface area (TPSA) is 99.7 Å². The molecule has 0 aliphatic rings. The summed E-state index contributed by atoms with van der Waals surface area (Å²) in [6, 6.07) is 16.2. The normalized spacial score (nSPS) is 13.5. The monoisotopic (exact) mass is 455 g/mol. The minimum Gasteiger partial charge on any atom is -0.444 e. The Morgan fingerprint density at radius 3 is 2.15 bits per heavy atom. The molecule has 1 unspecified atom stereocenters. The first-order chi connectivity index (χ1) is 15.3. The van der Waals surface area contributed by atoms with Crippen molar-refractivity contribution in [1.29, 1.82) is 0 Å². The van der Waals surface area contributed by atoms with Crippen molar-refractivity contribution in [1.82, 2.24) is 10.6 Å². The van der Waals surface area contributed by atoms with Crippen molar-refractivity contribution < 1.29 is 19.4 Å². The van der Waals surface area contributed by atoms with E-state index in [1.165, 1.54) is 0 Å². The van der Waals surface area contributed by atoms with E-state index in [1.54, 1.807) is 39.0 Å². The first-order valence-corrected chi connectivity index (χ1v) is 11.2. The molecule has 2 aromatic rings. The molecule has 0 fully saturated rings. The first kappa shape index (κ1) is 26.2. The Bertz CT molecular complexity index is 917. The number of benzene rings is 2. The zero-order valence-electron chi connectivity index (χ0n) is 20.4. The third-order valence-corrected chi connectivity index (χ3v) is 4.63. The third kappa shape index (κ3) is 9.53. The predicted octanol–water partition coefficient (Wildman–Crippen LogP) is 4.12. The van der Waals surface area contributed by atoms with Gasteiger partial charge in [-0.3, -0.25) is 4.79 Å². The minimum atomic E-state index is -0.934. The van der Waals surface area contributed by atoms with Crippen molar-refractivity contribution in [2.45, 2.75) is 71.2 Å². The Balaban J connectivity index is 2.13. The fraction of sp³-hybridized carbons (Fsp3) is 0.462. The maximum absolute atomic E-state index is 12.7. The fourth-order valence-electron chi connectivity index (χ4n) is 3.21. The van der Waals surface area contributed by atoms with Crippen LogP contribution in [-0.4, -0.2) is 46.9 Å². The molecule has 0 heterocycles. The Labute approximate surface area is 196 Å². The summed E-state index contributed by atoms with van der Waals surface area (Å²) in [6.07, 6.45) is -1.10. The van der Waals surface area contributed by atoms with Crippen LogP contribution in [0.2, 0.25) is 0 Å². The third-order valence-electron chi connectivity index (χ3n) is 4.63. The molecule has 180 valence electrons. The van der Waals surface area contributed by atoms with Gasteiger partial charge in [0, 0.05) is 17.8 Å². The largest absolute Gasteiger partial charge is 0.444 e. The molecule has 0 radical (unpaired) electrons. The van der Waals surface area contributed by atoms with Gasteiger partial charge in [0.05, 0.1) is 17.7 Å². The molecule has 0 spiro atoms. The number of hydrogen-bond acceptors (Lipinski definition) is 5. The van der Waals surface area contributed by atoms with Gasteiger partial charge in [0.2, 0.25) is 0 Å². The highest BCUT2D eigenvalue weighted by atomic mass is 16.6. The number of nitrogens with one attached hydrogen (secondary N) is 3. The van der Waals surface area contributed by atoms with Crippen molar-refractivity contribution in [3.63, 3.8) is 0 Å². The summed E-state index contributed by atoms with van der Waals surface area (Å²) in [7, 11) is 0. The van der Waals surface area contributed by atoms with Crippen LogP contribution in [0.25, 0.3) is 0 Å². The molecular weight excluding hydrogens is 418 g/mol. The Morgan fingerprint density at radius 2 is 1.55 bits per heavy atom. The lowest BCUT2D eigenvalue weighted by Gasteiger charge is -2.27. The van der Waals surface area contributed by atoms with Crippen LogP contribution in [0.4, 0.5) is 10.5 Å². The average Bonchev–Trinajstić information content (AvgIpc) is 2.70. The lowest BCUT2D eigenvalue weighted by atomic mass is 10.0. The van der Waals surface area contributed by atoms with Gasteiger partial charge >= 0.3 is 6.09 Å². The minimum absolute atomic E-state index is 0.132. The van der Waals surface area contributed by atoms with E-state index in [-0.39, 0.29) is 18.0 Å². The highest BCUT2D eigenvalue weighted by molar-refractivity contribution is 5.99. The van der Waals surface area contributed by atoms with Gasteiger partial charge in [-0.15, -0.1) is 0 Å². The van der Waals surface area contributed by atoms with Crippen molar-refractivity contribution in [3.8, 4) is 0 Å². The molecule has 33 heavy (non-hydrogen) atoms. The van der Waals surface area contributed by atoms with Crippen molar-refractivity contribution in [2.75, 3.05) is 11.9 Å². The van der Waals surface area contributed by atoms with E-state index in [0.29, 0.717) is 17.7 Å². The second kappa shape index (κ2) is 11.2. The number of alkyl carbamates (subject to hydrolysis) is 1. The van der Waals surface area contributed by atoms with Gasteiger partial charge in [0.1, 0.15) is 5.60 Å². The number of amides is 2. The molecule has 2 aromatic carbocycles. The Kier molecular flexibility index (Phi) is 8.88. The maximum Gasteiger partial charge on any atom is 0.407 e. The maximum atomic E-state index is 12.7. The van der Waals surface area contributed by atoms with Gasteiger partial charge in [-0.2, -0.15) is 0 Å². The Hall–Kier alpha value is -3.06. The summed E-state index contributed by atoms with van der Waals surface area (Å²) < 4.78 is 5.38. The van der Waals surface area contributed by atoms with Gasteiger partial charge in [-0.25, -0.2) is 4.79 Å². The van der Waals surface area contributed by atoms with Crippen LogP contribution in [-0.2, 0) is 11.2 Å². The average molecular weight is 456 g/mol. The number of rotatable bonds is 8. The summed E-state index contributed by atoms with van der Waals surface area (Å²) in [6.45, 7) is 11.2. The second-order valence-corrected chi connectivity index (χ2v) is 10.1. The zero-order chi connectivity index (χ0) is 24.6. The first-order valence-electron chi connectivity index (χ1n) is 11.2. The van der Waals surface area contributed by atoms with E-state index in [9.17, 15) is 14.7 Å². The fourth-order valence-corrected chi connectivity index (χ4v) is 3.21. The molecule has 0 saturated heterocycles. The second-order valence-electron chi connectivity index (χ2n) is 10.1. The summed E-state index contributed by atoms with van der Waals surface area (Å²) in [5.41, 5.74) is 1.04. The van der Waals surface area contributed by atoms with E-state index in [0.717, 1.165) is 5.56 Å². The van der Waals surface area contributed by atoms with Gasteiger partial charge in [-0.05, 0) is 65.7 Å². The zero-order valence-corrected chi connectivity index (χ0v) is 20.4. The summed E-state index contributed by atoms with van der Waals surface area (Å²) in [5.74, 6) is -0.201. The van der Waals surface area contributed by atoms with Crippen LogP contribution in [0.15, 0.2) is 54.6 Å². The van der Waals surface area contributed by atoms with Crippen molar-refractivity contribution >= 4 is 17.7 Å². The number of carbonyl (C=O) groups is 2. The molecule has 2 atom stereocenters. The van der Waals surface area contributed by atoms with E-state index >= 15 is 0 Å². The smallest absolute Gasteiger partial charge is 0.407 e. The lowest BCUT2D eigenvalue weighted by Crippen LogP contribution is -2.49. The molecule has 7 nitrogen and oxygen atoms in total. The number of aliphatic hydroxyl groups excluding tert-OH is 1. The SMILES string of the molecule is CC(C)(C)NC(=O)c1ccccc1NCC(O)[C@H](Cc1ccccc1)NC(=O)OC(C)(C)C. The summed E-state index contributed by atoms with van der Waals surface area (Å²) in [4.78, 5) is 25.1. The van der Waals surface area contributed by atoms with Gasteiger partial charge in [-0.1, -0.05) is 42.5 Å². The van der Waals surface area contributed by atoms with Crippen LogP contribution >= 0.6 is 0 Å². The number of anilines is 1. The molecule has 2 amide bonds. The Morgan fingerprint density at radius 1 is 0.939 bits per heavy atom. The number of aliphatic hydroxyl groups is 1. The van der Waals surface area contributed by atoms with Gasteiger partial charge in [0.15, 0.2) is 0 Å². The highest BCUT2D eigenvalue weighted by Crippen LogP contribution is 2.17.